The van der Waals surface area contributed by atoms with Gasteiger partial charge in [-0.15, -0.1) is 0 Å². The number of nitrogens with one attached hydrogen (secondary N) is 1. The highest BCUT2D eigenvalue weighted by atomic mass is 16.5. The molecule has 142 valence electrons. The molecular weight excluding hydrogens is 338 g/mol. The summed E-state index contributed by atoms with van der Waals surface area (Å²) in [4.78, 5) is 16.7. The van der Waals surface area contributed by atoms with Crippen LogP contribution < -0.4 is 10.1 Å². The number of imidazole rings is 1. The Kier molecular flexibility index (Phi) is 6.47. The van der Waals surface area contributed by atoms with Crippen LogP contribution in [0.25, 0.3) is 11.0 Å². The number of aryl methyl sites for hydroxylation is 1. The van der Waals surface area contributed by atoms with Crippen molar-refractivity contribution < 1.29 is 9.53 Å². The van der Waals surface area contributed by atoms with Gasteiger partial charge in [0.05, 0.1) is 11.0 Å². The van der Waals surface area contributed by atoms with Crippen LogP contribution in [-0.2, 0) is 17.8 Å². The van der Waals surface area contributed by atoms with Crippen molar-refractivity contribution in [3.63, 3.8) is 0 Å². The summed E-state index contributed by atoms with van der Waals surface area (Å²) in [5, 5.41) is 2.92. The van der Waals surface area contributed by atoms with E-state index >= 15 is 0 Å². The van der Waals surface area contributed by atoms with Crippen molar-refractivity contribution in [2.75, 3.05) is 13.2 Å². The lowest BCUT2D eigenvalue weighted by Crippen LogP contribution is -2.30. The molecule has 0 saturated carbocycles. The van der Waals surface area contributed by atoms with Gasteiger partial charge < -0.3 is 14.6 Å². The summed E-state index contributed by atoms with van der Waals surface area (Å²) in [5.74, 6) is 2.24. The van der Waals surface area contributed by atoms with Gasteiger partial charge in [-0.05, 0) is 36.6 Å². The first kappa shape index (κ1) is 19.0. The fraction of sp³-hybridized carbons (Fsp3) is 0.364. The highest BCUT2D eigenvalue weighted by molar-refractivity contribution is 5.77. The average Bonchev–Trinajstić information content (AvgIpc) is 3.01. The molecule has 1 heterocycles. The van der Waals surface area contributed by atoms with Crippen molar-refractivity contribution in [2.45, 2.75) is 33.2 Å². The molecule has 0 aliphatic carbocycles. The van der Waals surface area contributed by atoms with Gasteiger partial charge in [0.1, 0.15) is 11.6 Å². The number of benzene rings is 2. The second-order valence-electron chi connectivity index (χ2n) is 7.08. The Morgan fingerprint density at radius 3 is 2.63 bits per heavy atom. The Morgan fingerprint density at radius 1 is 1.11 bits per heavy atom. The predicted molar refractivity (Wildman–Crippen MR) is 108 cm³/mol. The molecule has 0 bridgehead atoms. The molecule has 0 atom stereocenters. The molecule has 27 heavy (non-hydrogen) atoms. The van der Waals surface area contributed by atoms with Gasteiger partial charge in [-0.2, -0.15) is 0 Å². The Hall–Kier alpha value is -2.82. The van der Waals surface area contributed by atoms with E-state index in [1.165, 1.54) is 5.52 Å². The smallest absolute Gasteiger partial charge is 0.257 e. The Bertz CT molecular complexity index is 872. The number of nitrogens with zero attached hydrogens (tertiary/aromatic N) is 2. The van der Waals surface area contributed by atoms with Crippen molar-refractivity contribution in [2.24, 2.45) is 5.92 Å². The van der Waals surface area contributed by atoms with Gasteiger partial charge >= 0.3 is 0 Å². The first-order valence-electron chi connectivity index (χ1n) is 9.52. The van der Waals surface area contributed by atoms with Crippen LogP contribution in [0.4, 0.5) is 0 Å². The van der Waals surface area contributed by atoms with E-state index in [0.29, 0.717) is 18.2 Å². The fourth-order valence-electron chi connectivity index (χ4n) is 3.08. The molecule has 3 aromatic rings. The monoisotopic (exact) mass is 365 g/mol. The summed E-state index contributed by atoms with van der Waals surface area (Å²) in [6.07, 6.45) is 1.68. The highest BCUT2D eigenvalue weighted by Gasteiger charge is 2.11. The number of para-hydroxylation sites is 3. The summed E-state index contributed by atoms with van der Waals surface area (Å²) >= 11 is 0. The molecule has 0 saturated heterocycles. The number of amides is 1. The third-order valence-corrected chi connectivity index (χ3v) is 4.29. The predicted octanol–water partition coefficient (Wildman–Crippen LogP) is 3.82. The average molecular weight is 365 g/mol. The zero-order valence-electron chi connectivity index (χ0n) is 16.0. The van der Waals surface area contributed by atoms with E-state index in [0.717, 1.165) is 30.7 Å². The van der Waals surface area contributed by atoms with Crippen molar-refractivity contribution in [3.8, 4) is 5.75 Å². The van der Waals surface area contributed by atoms with Crippen LogP contribution in [0.1, 0.15) is 26.1 Å². The van der Waals surface area contributed by atoms with E-state index in [-0.39, 0.29) is 12.5 Å². The summed E-state index contributed by atoms with van der Waals surface area (Å²) in [7, 11) is 0. The van der Waals surface area contributed by atoms with Gasteiger partial charge in [-0.3, -0.25) is 4.79 Å². The number of carbonyl (C=O) groups is 1. The van der Waals surface area contributed by atoms with Crippen LogP contribution in [-0.4, -0.2) is 28.6 Å². The lowest BCUT2D eigenvalue weighted by molar-refractivity contribution is -0.123. The van der Waals surface area contributed by atoms with E-state index in [9.17, 15) is 4.79 Å². The van der Waals surface area contributed by atoms with Gasteiger partial charge in [0.25, 0.3) is 5.91 Å². The molecule has 1 N–H and O–H groups in total. The standard InChI is InChI=1S/C22H27N3O2/c1-17(2)15-25-20-12-7-6-11-19(20)24-21(25)13-8-14-23-22(26)16-27-18-9-4-3-5-10-18/h3-7,9-12,17H,8,13-16H2,1-2H3,(H,23,26). The Labute approximate surface area is 160 Å². The maximum atomic E-state index is 11.9. The zero-order valence-corrected chi connectivity index (χ0v) is 16.0. The van der Waals surface area contributed by atoms with Crippen LogP contribution in [0.2, 0.25) is 0 Å². The van der Waals surface area contributed by atoms with Gasteiger partial charge in [0.15, 0.2) is 6.61 Å². The molecule has 0 unspecified atom stereocenters. The molecule has 5 nitrogen and oxygen atoms in total. The minimum absolute atomic E-state index is 0.0376. The van der Waals surface area contributed by atoms with Crippen LogP contribution in [0.15, 0.2) is 54.6 Å². The van der Waals surface area contributed by atoms with Crippen LogP contribution in [0.5, 0.6) is 5.75 Å². The second-order valence-corrected chi connectivity index (χ2v) is 7.08. The third kappa shape index (κ3) is 5.33. The van der Waals surface area contributed by atoms with Crippen molar-refractivity contribution in [3.05, 3.63) is 60.4 Å². The number of aromatic nitrogens is 2. The van der Waals surface area contributed by atoms with Crippen molar-refractivity contribution in [1.82, 2.24) is 14.9 Å². The maximum Gasteiger partial charge on any atom is 0.257 e. The summed E-state index contributed by atoms with van der Waals surface area (Å²) in [6.45, 7) is 6.03. The van der Waals surface area contributed by atoms with E-state index in [1.54, 1.807) is 0 Å². The SMILES string of the molecule is CC(C)Cn1c(CCCNC(=O)COc2ccccc2)nc2ccccc21. The topological polar surface area (TPSA) is 56.2 Å². The molecule has 0 radical (unpaired) electrons. The van der Waals surface area contributed by atoms with E-state index in [4.69, 9.17) is 9.72 Å². The minimum Gasteiger partial charge on any atom is -0.484 e. The normalized spacial score (nSPS) is 11.1. The summed E-state index contributed by atoms with van der Waals surface area (Å²) < 4.78 is 7.76. The number of ether oxygens (including phenoxy) is 1. The molecule has 5 heteroatoms. The number of carbonyl (C=O) groups excluding carboxylic acids is 1. The van der Waals surface area contributed by atoms with Gasteiger partial charge in [0, 0.05) is 19.5 Å². The third-order valence-electron chi connectivity index (χ3n) is 4.29. The number of rotatable bonds is 9. The molecule has 0 fully saturated rings. The van der Waals surface area contributed by atoms with E-state index < -0.39 is 0 Å². The summed E-state index contributed by atoms with van der Waals surface area (Å²) in [5.41, 5.74) is 2.22. The number of fused-ring (bicyclic) bond motifs is 1. The molecule has 3 rings (SSSR count). The molecule has 1 amide bonds. The molecule has 0 aliphatic heterocycles. The first-order valence-corrected chi connectivity index (χ1v) is 9.52. The molecule has 0 aliphatic rings. The highest BCUT2D eigenvalue weighted by Crippen LogP contribution is 2.18. The number of hydrogen-bond donors (Lipinski definition) is 1. The van der Waals surface area contributed by atoms with Crippen LogP contribution in [0, 0.1) is 5.92 Å². The van der Waals surface area contributed by atoms with E-state index in [2.05, 4.69) is 41.9 Å². The largest absolute Gasteiger partial charge is 0.484 e. The first-order chi connectivity index (χ1) is 13.1. The van der Waals surface area contributed by atoms with Crippen molar-refractivity contribution >= 4 is 16.9 Å². The van der Waals surface area contributed by atoms with Gasteiger partial charge in [-0.1, -0.05) is 44.2 Å². The lowest BCUT2D eigenvalue weighted by atomic mass is 10.2. The zero-order chi connectivity index (χ0) is 19.1. The molecule has 0 spiro atoms. The lowest BCUT2D eigenvalue weighted by Gasteiger charge is -2.12. The molecule has 2 aromatic carbocycles. The molecule has 1 aromatic heterocycles. The minimum atomic E-state index is -0.102. The quantitative estimate of drug-likeness (QED) is 0.587. The van der Waals surface area contributed by atoms with E-state index in [1.807, 2.05) is 36.4 Å². The maximum absolute atomic E-state index is 11.9. The molecular formula is C22H27N3O2. The second kappa shape index (κ2) is 9.21. The fourth-order valence-corrected chi connectivity index (χ4v) is 3.08. The van der Waals surface area contributed by atoms with Gasteiger partial charge in [0.2, 0.25) is 0 Å². The van der Waals surface area contributed by atoms with Crippen LogP contribution >= 0.6 is 0 Å². The van der Waals surface area contributed by atoms with Gasteiger partial charge in [-0.25, -0.2) is 4.98 Å². The number of hydrogen-bond acceptors (Lipinski definition) is 3. The van der Waals surface area contributed by atoms with Crippen LogP contribution in [0.3, 0.4) is 0 Å². The Morgan fingerprint density at radius 2 is 1.85 bits per heavy atom. The van der Waals surface area contributed by atoms with Crippen molar-refractivity contribution in [1.29, 1.82) is 0 Å². The Balaban J connectivity index is 1.49. The summed E-state index contributed by atoms with van der Waals surface area (Å²) in [6, 6.07) is 17.6.